The van der Waals surface area contributed by atoms with E-state index in [1.54, 1.807) is 25.3 Å². The first-order valence-electron chi connectivity index (χ1n) is 6.02. The van der Waals surface area contributed by atoms with Gasteiger partial charge in [-0.2, -0.15) is 0 Å². The van der Waals surface area contributed by atoms with Gasteiger partial charge in [-0.25, -0.2) is 0 Å². The lowest BCUT2D eigenvalue weighted by molar-refractivity contribution is 0.0655. The molecule has 0 aliphatic rings. The minimum Gasteiger partial charge on any atom is -0.497 e. The maximum Gasteiger partial charge on any atom is 0.173 e. The van der Waals surface area contributed by atoms with E-state index in [0.717, 1.165) is 0 Å². The Morgan fingerprint density at radius 3 is 2.79 bits per heavy atom. The molecule has 19 heavy (non-hydrogen) atoms. The van der Waals surface area contributed by atoms with Crippen LogP contribution in [-0.4, -0.2) is 37.5 Å². The summed E-state index contributed by atoms with van der Waals surface area (Å²) in [6.07, 6.45) is -0.155. The number of ether oxygens (including phenoxy) is 3. The van der Waals surface area contributed by atoms with Gasteiger partial charge in [-0.1, -0.05) is 5.16 Å². The number of nitrogens with zero attached hydrogens (tertiary/aromatic N) is 1. The van der Waals surface area contributed by atoms with Crippen LogP contribution in [0.2, 0.25) is 0 Å². The molecule has 1 atom stereocenters. The number of nitrogens with two attached hydrogens (primary N) is 1. The Bertz CT molecular complexity index is 435. The number of oxime groups is 1. The summed E-state index contributed by atoms with van der Waals surface area (Å²) in [5, 5.41) is 11.8. The van der Waals surface area contributed by atoms with E-state index in [1.807, 2.05) is 13.8 Å². The number of methoxy groups -OCH3 is 1. The van der Waals surface area contributed by atoms with Crippen molar-refractivity contribution in [3.63, 3.8) is 0 Å². The van der Waals surface area contributed by atoms with Gasteiger partial charge in [-0.15, -0.1) is 0 Å². The molecule has 0 amide bonds. The first-order chi connectivity index (χ1) is 9.12. The van der Waals surface area contributed by atoms with Crippen LogP contribution >= 0.6 is 0 Å². The van der Waals surface area contributed by atoms with Crippen LogP contribution in [0.15, 0.2) is 23.4 Å². The highest BCUT2D eigenvalue weighted by Gasteiger charge is 2.13. The number of amidine groups is 1. The Kier molecular flexibility index (Phi) is 5.95. The quantitative estimate of drug-likeness (QED) is 0.339. The van der Waals surface area contributed by atoms with E-state index in [2.05, 4.69) is 5.16 Å². The molecular weight excluding hydrogens is 248 g/mol. The molecular formula is C13H20N2O4. The molecule has 0 spiro atoms. The van der Waals surface area contributed by atoms with Crippen molar-refractivity contribution in [2.45, 2.75) is 20.0 Å². The SMILES string of the molecule is CCOCC(C)Oc1cc(OC)ccc1/C(N)=N/O. The molecule has 0 saturated carbocycles. The lowest BCUT2D eigenvalue weighted by Gasteiger charge is -2.17. The molecule has 6 nitrogen and oxygen atoms in total. The fraction of sp³-hybridized carbons (Fsp3) is 0.462. The Labute approximate surface area is 112 Å². The summed E-state index contributed by atoms with van der Waals surface area (Å²) in [4.78, 5) is 0. The zero-order valence-corrected chi connectivity index (χ0v) is 11.4. The van der Waals surface area contributed by atoms with Gasteiger partial charge in [0.15, 0.2) is 5.84 Å². The highest BCUT2D eigenvalue weighted by Crippen LogP contribution is 2.25. The van der Waals surface area contributed by atoms with Crippen molar-refractivity contribution in [3.8, 4) is 11.5 Å². The lowest BCUT2D eigenvalue weighted by atomic mass is 10.1. The van der Waals surface area contributed by atoms with E-state index in [-0.39, 0.29) is 11.9 Å². The third-order valence-corrected chi connectivity index (χ3v) is 2.46. The molecule has 106 valence electrons. The minimum atomic E-state index is -0.155. The minimum absolute atomic E-state index is 0.0127. The van der Waals surface area contributed by atoms with Crippen LogP contribution < -0.4 is 15.2 Å². The van der Waals surface area contributed by atoms with E-state index >= 15 is 0 Å². The van der Waals surface area contributed by atoms with Gasteiger partial charge >= 0.3 is 0 Å². The van der Waals surface area contributed by atoms with Crippen molar-refractivity contribution in [1.82, 2.24) is 0 Å². The molecule has 0 heterocycles. The van der Waals surface area contributed by atoms with Crippen molar-refractivity contribution >= 4 is 5.84 Å². The summed E-state index contributed by atoms with van der Waals surface area (Å²) in [7, 11) is 1.56. The molecule has 1 aromatic carbocycles. The van der Waals surface area contributed by atoms with Crippen molar-refractivity contribution < 1.29 is 19.4 Å². The van der Waals surface area contributed by atoms with Crippen molar-refractivity contribution in [2.24, 2.45) is 10.9 Å². The Morgan fingerprint density at radius 1 is 1.47 bits per heavy atom. The summed E-state index contributed by atoms with van der Waals surface area (Å²) < 4.78 is 16.2. The van der Waals surface area contributed by atoms with Gasteiger partial charge in [0.2, 0.25) is 0 Å². The van der Waals surface area contributed by atoms with Crippen LogP contribution in [0.5, 0.6) is 11.5 Å². The molecule has 3 N–H and O–H groups in total. The highest BCUT2D eigenvalue weighted by molar-refractivity contribution is 5.99. The Balaban J connectivity index is 2.94. The molecule has 0 saturated heterocycles. The predicted octanol–water partition coefficient (Wildman–Crippen LogP) is 1.59. The molecule has 0 aliphatic heterocycles. The van der Waals surface area contributed by atoms with E-state index in [1.165, 1.54) is 0 Å². The number of hydrogen-bond donors (Lipinski definition) is 2. The van der Waals surface area contributed by atoms with Crippen LogP contribution in [0.25, 0.3) is 0 Å². The second-order valence-corrected chi connectivity index (χ2v) is 3.94. The van der Waals surface area contributed by atoms with Crippen molar-refractivity contribution in [2.75, 3.05) is 20.3 Å². The summed E-state index contributed by atoms with van der Waals surface area (Å²) in [6.45, 7) is 4.88. The van der Waals surface area contributed by atoms with Gasteiger partial charge in [0.05, 0.1) is 19.3 Å². The van der Waals surface area contributed by atoms with Gasteiger partial charge in [-0.3, -0.25) is 0 Å². The zero-order chi connectivity index (χ0) is 14.3. The van der Waals surface area contributed by atoms with Gasteiger partial charge in [-0.05, 0) is 26.0 Å². The second-order valence-electron chi connectivity index (χ2n) is 3.94. The number of benzene rings is 1. The summed E-state index contributed by atoms with van der Waals surface area (Å²) in [5.41, 5.74) is 6.12. The van der Waals surface area contributed by atoms with Gasteiger partial charge in [0.25, 0.3) is 0 Å². The lowest BCUT2D eigenvalue weighted by Crippen LogP contribution is -2.22. The van der Waals surface area contributed by atoms with Crippen LogP contribution in [-0.2, 0) is 4.74 Å². The van der Waals surface area contributed by atoms with E-state index in [0.29, 0.717) is 30.3 Å². The first kappa shape index (κ1) is 15.1. The predicted molar refractivity (Wildman–Crippen MR) is 72.1 cm³/mol. The first-order valence-corrected chi connectivity index (χ1v) is 6.02. The highest BCUT2D eigenvalue weighted by atomic mass is 16.5. The number of rotatable bonds is 7. The molecule has 1 rings (SSSR count). The largest absolute Gasteiger partial charge is 0.497 e. The van der Waals surface area contributed by atoms with Crippen molar-refractivity contribution in [3.05, 3.63) is 23.8 Å². The molecule has 0 bridgehead atoms. The molecule has 6 heteroatoms. The maximum absolute atomic E-state index is 8.77. The van der Waals surface area contributed by atoms with E-state index < -0.39 is 0 Å². The average Bonchev–Trinajstić information content (AvgIpc) is 2.44. The Morgan fingerprint density at radius 2 is 2.21 bits per heavy atom. The van der Waals surface area contributed by atoms with E-state index in [9.17, 15) is 0 Å². The molecule has 0 aliphatic carbocycles. The summed E-state index contributed by atoms with van der Waals surface area (Å²) in [5.74, 6) is 1.11. The molecule has 0 radical (unpaired) electrons. The maximum atomic E-state index is 8.77. The van der Waals surface area contributed by atoms with Gasteiger partial charge in [0.1, 0.15) is 17.6 Å². The van der Waals surface area contributed by atoms with E-state index in [4.69, 9.17) is 25.2 Å². The van der Waals surface area contributed by atoms with Crippen molar-refractivity contribution in [1.29, 1.82) is 0 Å². The molecule has 0 fully saturated rings. The van der Waals surface area contributed by atoms with Gasteiger partial charge < -0.3 is 25.2 Å². The molecule has 1 unspecified atom stereocenters. The third kappa shape index (κ3) is 4.33. The van der Waals surface area contributed by atoms with Gasteiger partial charge in [0, 0.05) is 12.7 Å². The third-order valence-electron chi connectivity index (χ3n) is 2.46. The van der Waals surface area contributed by atoms with Crippen LogP contribution in [0.4, 0.5) is 0 Å². The summed E-state index contributed by atoms with van der Waals surface area (Å²) >= 11 is 0. The second kappa shape index (κ2) is 7.48. The average molecular weight is 268 g/mol. The standard InChI is InChI=1S/C13H20N2O4/c1-4-18-8-9(2)19-12-7-10(17-3)5-6-11(12)13(14)15-16/h5-7,9,16H,4,8H2,1-3H3,(H2,14,15). The Hall–Kier alpha value is -1.95. The topological polar surface area (TPSA) is 86.3 Å². The molecule has 0 aromatic heterocycles. The zero-order valence-electron chi connectivity index (χ0n) is 11.4. The van der Waals surface area contributed by atoms with Crippen LogP contribution in [0, 0.1) is 0 Å². The smallest absolute Gasteiger partial charge is 0.173 e. The summed E-state index contributed by atoms with van der Waals surface area (Å²) in [6, 6.07) is 5.08. The normalized spacial score (nSPS) is 13.1. The van der Waals surface area contributed by atoms with Crippen LogP contribution in [0.1, 0.15) is 19.4 Å². The fourth-order valence-electron chi connectivity index (χ4n) is 1.53. The van der Waals surface area contributed by atoms with Crippen LogP contribution in [0.3, 0.4) is 0 Å². The fourth-order valence-corrected chi connectivity index (χ4v) is 1.53. The molecule has 1 aromatic rings. The monoisotopic (exact) mass is 268 g/mol. The number of hydrogen-bond acceptors (Lipinski definition) is 5.